The first-order chi connectivity index (χ1) is 8.11. The first-order valence-corrected chi connectivity index (χ1v) is 6.11. The largest absolute Gasteiger partial charge is 0.394 e. The van der Waals surface area contributed by atoms with Crippen LogP contribution in [0.1, 0.15) is 0 Å². The fourth-order valence-corrected chi connectivity index (χ4v) is 2.37. The Morgan fingerprint density at radius 2 is 2.24 bits per heavy atom. The molecule has 1 fully saturated rings. The number of hydrogen-bond acceptors (Lipinski definition) is 8. The van der Waals surface area contributed by atoms with Gasteiger partial charge in [-0.2, -0.15) is 9.36 Å². The monoisotopic (exact) mass is 281 g/mol. The molecule has 1 aromatic rings. The van der Waals surface area contributed by atoms with Gasteiger partial charge in [-0.1, -0.05) is 0 Å². The van der Waals surface area contributed by atoms with Crippen molar-refractivity contribution >= 4 is 28.3 Å². The van der Waals surface area contributed by atoms with E-state index in [1.807, 2.05) is 0 Å². The molecule has 7 nitrogen and oxygen atoms in total. The van der Waals surface area contributed by atoms with E-state index in [9.17, 15) is 10.2 Å². The third-order valence-corrected chi connectivity index (χ3v) is 3.44. The summed E-state index contributed by atoms with van der Waals surface area (Å²) in [4.78, 5) is 3.87. The van der Waals surface area contributed by atoms with Crippen molar-refractivity contribution in [1.82, 2.24) is 9.36 Å². The Balaban J connectivity index is 1.98. The van der Waals surface area contributed by atoms with Gasteiger partial charge >= 0.3 is 0 Å². The topological polar surface area (TPSA) is 108 Å². The molecular formula is C8H12ClN3O4S. The Morgan fingerprint density at radius 1 is 1.47 bits per heavy atom. The molecule has 0 unspecified atom stereocenters. The predicted octanol–water partition coefficient (Wildman–Crippen LogP) is -0.915. The Labute approximate surface area is 106 Å². The highest BCUT2D eigenvalue weighted by Gasteiger charge is 2.38. The van der Waals surface area contributed by atoms with Gasteiger partial charge in [-0.25, -0.2) is 0 Å². The molecule has 0 saturated carbocycles. The first kappa shape index (κ1) is 12.9. The third kappa shape index (κ3) is 2.84. The van der Waals surface area contributed by atoms with E-state index in [0.717, 1.165) is 11.5 Å². The Bertz CT molecular complexity index is 379. The smallest absolute Gasteiger partial charge is 0.236 e. The van der Waals surface area contributed by atoms with E-state index in [0.29, 0.717) is 5.13 Å². The van der Waals surface area contributed by atoms with Gasteiger partial charge < -0.3 is 25.4 Å². The molecule has 1 aliphatic rings. The number of rotatable bonds is 3. The Hall–Kier alpha value is -0.510. The van der Waals surface area contributed by atoms with Crippen LogP contribution in [-0.4, -0.2) is 62.2 Å². The number of nitrogens with one attached hydrogen (secondary N) is 1. The average molecular weight is 282 g/mol. The van der Waals surface area contributed by atoms with Crippen LogP contribution in [-0.2, 0) is 4.74 Å². The summed E-state index contributed by atoms with van der Waals surface area (Å²) < 4.78 is 8.97. The second kappa shape index (κ2) is 5.42. The van der Waals surface area contributed by atoms with Crippen molar-refractivity contribution in [2.45, 2.75) is 24.4 Å². The van der Waals surface area contributed by atoms with Gasteiger partial charge in [0, 0.05) is 11.5 Å². The van der Waals surface area contributed by atoms with E-state index in [1.54, 1.807) is 0 Å². The van der Waals surface area contributed by atoms with E-state index in [-0.39, 0.29) is 18.5 Å². The highest BCUT2D eigenvalue weighted by Crippen LogP contribution is 2.21. The number of aliphatic hydroxyl groups is 3. The molecule has 1 aliphatic heterocycles. The second-order valence-electron chi connectivity index (χ2n) is 3.65. The third-order valence-electron chi connectivity index (χ3n) is 2.52. The lowest BCUT2D eigenvalue weighted by Crippen LogP contribution is -2.56. The van der Waals surface area contributed by atoms with Crippen LogP contribution < -0.4 is 5.32 Å². The quantitative estimate of drug-likeness (QED) is 0.568. The van der Waals surface area contributed by atoms with Crippen molar-refractivity contribution in [3.63, 3.8) is 0 Å². The number of halogens is 1. The predicted molar refractivity (Wildman–Crippen MR) is 61.2 cm³/mol. The van der Waals surface area contributed by atoms with Crippen LogP contribution in [0.3, 0.4) is 0 Å². The van der Waals surface area contributed by atoms with Crippen LogP contribution in [0.5, 0.6) is 0 Å². The van der Waals surface area contributed by atoms with Crippen molar-refractivity contribution < 1.29 is 20.1 Å². The minimum Gasteiger partial charge on any atom is -0.394 e. The van der Waals surface area contributed by atoms with Gasteiger partial charge in [-0.3, -0.25) is 0 Å². The molecule has 2 rings (SSSR count). The van der Waals surface area contributed by atoms with Crippen LogP contribution in [0, 0.1) is 0 Å². The summed E-state index contributed by atoms with van der Waals surface area (Å²) in [6, 6.07) is -0.517. The molecule has 0 aliphatic carbocycles. The van der Waals surface area contributed by atoms with E-state index in [4.69, 9.17) is 21.4 Å². The van der Waals surface area contributed by atoms with Crippen molar-refractivity contribution in [3.8, 4) is 0 Å². The number of aromatic nitrogens is 2. The molecule has 4 N–H and O–H groups in total. The maximum Gasteiger partial charge on any atom is 0.236 e. The van der Waals surface area contributed by atoms with Crippen molar-refractivity contribution in [2.24, 2.45) is 0 Å². The standard InChI is InChI=1S/C8H12ClN3O4S/c9-7-11-8(17-12-7)10-3-2-16-4(1-13)6(15)5(3)14/h3-6,13-15H,1-2H2,(H,10,11,12)/t3-,4-,5-,6+/m1/s1. The van der Waals surface area contributed by atoms with Crippen LogP contribution in [0.15, 0.2) is 0 Å². The number of nitrogens with zero attached hydrogens (tertiary/aromatic N) is 2. The second-order valence-corrected chi connectivity index (χ2v) is 4.74. The summed E-state index contributed by atoms with van der Waals surface area (Å²) in [5, 5.41) is 31.8. The minimum absolute atomic E-state index is 0.123. The molecule has 0 amide bonds. The molecule has 4 atom stereocenters. The van der Waals surface area contributed by atoms with Crippen LogP contribution >= 0.6 is 23.1 Å². The SMILES string of the molecule is OC[C@H]1OC[C@@H](Nc2nc(Cl)ns2)[C@@H](O)[C@H]1O. The van der Waals surface area contributed by atoms with E-state index in [1.165, 1.54) is 0 Å². The zero-order chi connectivity index (χ0) is 12.4. The summed E-state index contributed by atoms with van der Waals surface area (Å²) in [6.45, 7) is -0.184. The molecule has 0 spiro atoms. The summed E-state index contributed by atoms with van der Waals surface area (Å²) in [7, 11) is 0. The van der Waals surface area contributed by atoms with Crippen molar-refractivity contribution in [1.29, 1.82) is 0 Å². The zero-order valence-electron chi connectivity index (χ0n) is 8.65. The lowest BCUT2D eigenvalue weighted by molar-refractivity contribution is -0.152. The fraction of sp³-hybridized carbons (Fsp3) is 0.750. The number of hydrogen-bond donors (Lipinski definition) is 4. The number of ether oxygens (including phenoxy) is 1. The minimum atomic E-state index is -1.14. The van der Waals surface area contributed by atoms with Gasteiger partial charge in [-0.15, -0.1) is 0 Å². The van der Waals surface area contributed by atoms with E-state index >= 15 is 0 Å². The lowest BCUT2D eigenvalue weighted by atomic mass is 9.99. The summed E-state index contributed by atoms with van der Waals surface area (Å²) in [6.07, 6.45) is -2.96. The average Bonchev–Trinajstić information content (AvgIpc) is 2.71. The zero-order valence-corrected chi connectivity index (χ0v) is 10.2. The molecule has 2 heterocycles. The van der Waals surface area contributed by atoms with Gasteiger partial charge in [-0.05, 0) is 11.6 Å². The van der Waals surface area contributed by atoms with E-state index < -0.39 is 24.4 Å². The molecule has 0 radical (unpaired) electrons. The van der Waals surface area contributed by atoms with Crippen molar-refractivity contribution in [3.05, 3.63) is 5.28 Å². The van der Waals surface area contributed by atoms with Crippen molar-refractivity contribution in [2.75, 3.05) is 18.5 Å². The van der Waals surface area contributed by atoms with E-state index in [2.05, 4.69) is 14.7 Å². The van der Waals surface area contributed by atoms with Crippen LogP contribution in [0.4, 0.5) is 5.13 Å². The Morgan fingerprint density at radius 3 is 2.82 bits per heavy atom. The van der Waals surface area contributed by atoms with Gasteiger partial charge in [0.1, 0.15) is 18.3 Å². The molecule has 96 valence electrons. The maximum absolute atomic E-state index is 9.83. The van der Waals surface area contributed by atoms with Gasteiger partial charge in [0.25, 0.3) is 0 Å². The highest BCUT2D eigenvalue weighted by atomic mass is 35.5. The molecule has 1 saturated heterocycles. The fourth-order valence-electron chi connectivity index (χ4n) is 1.59. The molecule has 9 heteroatoms. The summed E-state index contributed by atoms with van der Waals surface area (Å²) >= 11 is 6.61. The molecule has 0 aromatic carbocycles. The van der Waals surface area contributed by atoms with Crippen LogP contribution in [0.2, 0.25) is 5.28 Å². The first-order valence-electron chi connectivity index (χ1n) is 4.96. The lowest BCUT2D eigenvalue weighted by Gasteiger charge is -2.36. The number of aliphatic hydroxyl groups excluding tert-OH is 3. The Kier molecular flexibility index (Phi) is 4.13. The maximum atomic E-state index is 9.83. The molecule has 17 heavy (non-hydrogen) atoms. The van der Waals surface area contributed by atoms with Gasteiger partial charge in [0.05, 0.1) is 19.3 Å². The number of anilines is 1. The summed E-state index contributed by atoms with van der Waals surface area (Å²) in [5.74, 6) is 0. The molecule has 1 aromatic heterocycles. The normalized spacial score (nSPS) is 33.6. The van der Waals surface area contributed by atoms with Gasteiger partial charge in [0.2, 0.25) is 10.4 Å². The summed E-state index contributed by atoms with van der Waals surface area (Å²) in [5.41, 5.74) is 0. The molecular weight excluding hydrogens is 270 g/mol. The van der Waals surface area contributed by atoms with Crippen LogP contribution in [0.25, 0.3) is 0 Å². The highest BCUT2D eigenvalue weighted by molar-refractivity contribution is 7.09. The molecule has 0 bridgehead atoms. The van der Waals surface area contributed by atoms with Gasteiger partial charge in [0.15, 0.2) is 0 Å².